The van der Waals surface area contributed by atoms with Crippen molar-refractivity contribution < 1.29 is 19.8 Å². The SMILES string of the molecule is Cc1cc(C)cc(CNC(=O)CCC(=O)N(Cc2csc(N)n2)[C@@H](CC2CCCCC2)[C@@H](O)[C@@H](O)CC(C)C)c1. The molecule has 40 heavy (non-hydrogen) atoms. The van der Waals surface area contributed by atoms with E-state index in [1.165, 1.54) is 17.8 Å². The molecule has 1 heterocycles. The summed E-state index contributed by atoms with van der Waals surface area (Å²) in [6.45, 7) is 8.64. The lowest BCUT2D eigenvalue weighted by Crippen LogP contribution is -2.52. The number of carbonyl (C=O) groups excluding carboxylic acids is 2. The van der Waals surface area contributed by atoms with Crippen LogP contribution in [-0.2, 0) is 22.7 Å². The van der Waals surface area contributed by atoms with E-state index < -0.39 is 18.2 Å². The van der Waals surface area contributed by atoms with Crippen LogP contribution in [0, 0.1) is 25.7 Å². The van der Waals surface area contributed by atoms with E-state index in [-0.39, 0.29) is 37.1 Å². The second-order valence-electron chi connectivity index (χ2n) is 12.0. The number of aliphatic hydroxyl groups is 2. The van der Waals surface area contributed by atoms with E-state index in [2.05, 4.69) is 16.4 Å². The molecule has 1 aromatic heterocycles. The van der Waals surface area contributed by atoms with Crippen LogP contribution in [0.4, 0.5) is 5.13 Å². The third-order valence-electron chi connectivity index (χ3n) is 7.76. The Hall–Kier alpha value is -2.49. The van der Waals surface area contributed by atoms with Gasteiger partial charge in [-0.2, -0.15) is 0 Å². The lowest BCUT2D eigenvalue weighted by Gasteiger charge is -2.39. The molecule has 1 saturated carbocycles. The molecule has 3 atom stereocenters. The van der Waals surface area contributed by atoms with E-state index in [1.807, 2.05) is 45.2 Å². The zero-order valence-electron chi connectivity index (χ0n) is 24.6. The van der Waals surface area contributed by atoms with E-state index in [4.69, 9.17) is 5.73 Å². The number of aryl methyl sites for hydroxylation is 2. The molecule has 0 spiro atoms. The van der Waals surface area contributed by atoms with Crippen LogP contribution in [0.5, 0.6) is 0 Å². The summed E-state index contributed by atoms with van der Waals surface area (Å²) < 4.78 is 0. The minimum Gasteiger partial charge on any atom is -0.390 e. The minimum atomic E-state index is -1.09. The van der Waals surface area contributed by atoms with Gasteiger partial charge in [0.25, 0.3) is 0 Å². The third kappa shape index (κ3) is 10.2. The van der Waals surface area contributed by atoms with Crippen molar-refractivity contribution in [2.45, 2.75) is 117 Å². The highest BCUT2D eigenvalue weighted by Crippen LogP contribution is 2.32. The monoisotopic (exact) mass is 572 g/mol. The van der Waals surface area contributed by atoms with E-state index in [0.29, 0.717) is 36.1 Å². The molecule has 8 nitrogen and oxygen atoms in total. The first-order valence-electron chi connectivity index (χ1n) is 14.7. The summed E-state index contributed by atoms with van der Waals surface area (Å²) in [7, 11) is 0. The number of rotatable bonds is 14. The number of amides is 2. The van der Waals surface area contributed by atoms with Gasteiger partial charge in [-0.3, -0.25) is 9.59 Å². The van der Waals surface area contributed by atoms with Gasteiger partial charge in [-0.05, 0) is 44.1 Å². The Morgan fingerprint density at radius 2 is 1.77 bits per heavy atom. The van der Waals surface area contributed by atoms with Crippen LogP contribution in [0.25, 0.3) is 0 Å². The van der Waals surface area contributed by atoms with Gasteiger partial charge in [-0.1, -0.05) is 75.3 Å². The van der Waals surface area contributed by atoms with Gasteiger partial charge in [0.1, 0.15) is 6.10 Å². The molecule has 1 aliphatic rings. The lowest BCUT2D eigenvalue weighted by molar-refractivity contribution is -0.142. The van der Waals surface area contributed by atoms with Gasteiger partial charge >= 0.3 is 0 Å². The normalized spacial score (nSPS) is 16.5. The average Bonchev–Trinajstić information content (AvgIpc) is 3.31. The van der Waals surface area contributed by atoms with Crippen LogP contribution >= 0.6 is 11.3 Å². The Labute approximate surface area is 243 Å². The zero-order chi connectivity index (χ0) is 29.2. The quantitative estimate of drug-likeness (QED) is 0.256. The number of anilines is 1. The molecule has 1 aromatic carbocycles. The number of hydrogen-bond donors (Lipinski definition) is 4. The van der Waals surface area contributed by atoms with E-state index >= 15 is 0 Å². The van der Waals surface area contributed by atoms with Crippen molar-refractivity contribution in [1.82, 2.24) is 15.2 Å². The van der Waals surface area contributed by atoms with Crippen molar-refractivity contribution in [1.29, 1.82) is 0 Å². The van der Waals surface area contributed by atoms with Gasteiger partial charge in [0.15, 0.2) is 5.13 Å². The van der Waals surface area contributed by atoms with Crippen LogP contribution in [0.2, 0.25) is 0 Å². The molecule has 2 amide bonds. The minimum absolute atomic E-state index is 0.00641. The first-order chi connectivity index (χ1) is 19.0. The van der Waals surface area contributed by atoms with Gasteiger partial charge in [0, 0.05) is 24.8 Å². The van der Waals surface area contributed by atoms with Crippen molar-refractivity contribution >= 4 is 28.3 Å². The Morgan fingerprint density at radius 1 is 1.10 bits per heavy atom. The largest absolute Gasteiger partial charge is 0.390 e. The molecule has 0 aliphatic heterocycles. The molecule has 0 unspecified atom stereocenters. The number of nitrogen functional groups attached to an aromatic ring is 1. The van der Waals surface area contributed by atoms with Crippen molar-refractivity contribution in [3.05, 3.63) is 46.0 Å². The number of nitrogens with zero attached hydrogens (tertiary/aromatic N) is 2. The topological polar surface area (TPSA) is 129 Å². The summed E-state index contributed by atoms with van der Waals surface area (Å²) in [5, 5.41) is 27.5. The smallest absolute Gasteiger partial charge is 0.223 e. The standard InChI is InChI=1S/C31H48N4O4S/c1-20(2)12-27(36)30(39)26(16-23-8-6-5-7-9-23)35(18-25-19-40-31(32)34-25)29(38)11-10-28(37)33-17-24-14-21(3)13-22(4)15-24/h13-15,19-20,23,26-27,30,36,39H,5-12,16-18H2,1-4H3,(H2,32,34)(H,33,37)/t26-,27-,30+/m0/s1. The van der Waals surface area contributed by atoms with Crippen molar-refractivity contribution in [2.75, 3.05) is 5.73 Å². The maximum Gasteiger partial charge on any atom is 0.223 e. The highest BCUT2D eigenvalue weighted by molar-refractivity contribution is 7.13. The second-order valence-corrected chi connectivity index (χ2v) is 12.9. The lowest BCUT2D eigenvalue weighted by atomic mass is 9.81. The number of hydrogen-bond acceptors (Lipinski definition) is 7. The number of aliphatic hydroxyl groups excluding tert-OH is 2. The summed E-state index contributed by atoms with van der Waals surface area (Å²) in [4.78, 5) is 32.5. The van der Waals surface area contributed by atoms with Crippen LogP contribution in [0.15, 0.2) is 23.6 Å². The Bertz CT molecular complexity index is 1080. The maximum absolute atomic E-state index is 13.8. The molecule has 0 radical (unpaired) electrons. The van der Waals surface area contributed by atoms with Crippen LogP contribution < -0.4 is 11.1 Å². The molecule has 0 saturated heterocycles. The number of nitrogens with two attached hydrogens (primary N) is 1. The highest BCUT2D eigenvalue weighted by atomic mass is 32.1. The first-order valence-corrected chi connectivity index (χ1v) is 15.6. The molecule has 9 heteroatoms. The zero-order valence-corrected chi connectivity index (χ0v) is 25.4. The summed E-state index contributed by atoms with van der Waals surface area (Å²) in [6.07, 6.45) is 4.64. The number of thiazole rings is 1. The van der Waals surface area contributed by atoms with Crippen LogP contribution in [-0.4, -0.2) is 50.2 Å². The van der Waals surface area contributed by atoms with Gasteiger partial charge in [0.2, 0.25) is 11.8 Å². The molecule has 222 valence electrons. The predicted octanol–water partition coefficient (Wildman–Crippen LogP) is 4.87. The first kappa shape index (κ1) is 32.0. The summed E-state index contributed by atoms with van der Waals surface area (Å²) >= 11 is 1.31. The molecule has 2 aromatic rings. The third-order valence-corrected chi connectivity index (χ3v) is 8.48. The van der Waals surface area contributed by atoms with Gasteiger partial charge in [-0.15, -0.1) is 11.3 Å². The van der Waals surface area contributed by atoms with Crippen molar-refractivity contribution in [3.8, 4) is 0 Å². The Kier molecular flexibility index (Phi) is 12.4. The maximum atomic E-state index is 13.8. The molecule has 3 rings (SSSR count). The average molecular weight is 573 g/mol. The van der Waals surface area contributed by atoms with E-state index in [1.54, 1.807) is 4.90 Å². The number of carbonyl (C=O) groups is 2. The van der Waals surface area contributed by atoms with Gasteiger partial charge in [0.05, 0.1) is 24.4 Å². The van der Waals surface area contributed by atoms with E-state index in [0.717, 1.165) is 42.4 Å². The molecule has 1 fully saturated rings. The fourth-order valence-corrected chi connectivity index (χ4v) is 6.43. The molecule has 5 N–H and O–H groups in total. The van der Waals surface area contributed by atoms with Crippen LogP contribution in [0.3, 0.4) is 0 Å². The number of benzene rings is 1. The predicted molar refractivity (Wildman–Crippen MR) is 161 cm³/mol. The Morgan fingerprint density at radius 3 is 2.38 bits per heavy atom. The van der Waals surface area contributed by atoms with Gasteiger partial charge < -0.3 is 26.2 Å². The number of aromatic nitrogens is 1. The van der Waals surface area contributed by atoms with Crippen molar-refractivity contribution in [3.63, 3.8) is 0 Å². The molecule has 0 bridgehead atoms. The summed E-state index contributed by atoms with van der Waals surface area (Å²) in [6, 6.07) is 5.59. The number of nitrogens with one attached hydrogen (secondary N) is 1. The van der Waals surface area contributed by atoms with Gasteiger partial charge in [-0.25, -0.2) is 4.98 Å². The molecular formula is C31H48N4O4S. The Balaban J connectivity index is 1.75. The van der Waals surface area contributed by atoms with Crippen LogP contribution in [0.1, 0.15) is 94.0 Å². The molecule has 1 aliphatic carbocycles. The summed E-state index contributed by atoms with van der Waals surface area (Å²) in [5.74, 6) is 0.138. The molecular weight excluding hydrogens is 524 g/mol. The van der Waals surface area contributed by atoms with Crippen molar-refractivity contribution in [2.24, 2.45) is 11.8 Å². The fourth-order valence-electron chi connectivity index (χ4n) is 5.88. The highest BCUT2D eigenvalue weighted by Gasteiger charge is 2.36. The fraction of sp³-hybridized carbons (Fsp3) is 0.645. The summed E-state index contributed by atoms with van der Waals surface area (Å²) in [5.41, 5.74) is 9.83. The van der Waals surface area contributed by atoms with E-state index in [9.17, 15) is 19.8 Å². The second kappa shape index (κ2) is 15.5.